The fraction of sp³-hybridized carbons (Fsp3) is 0.200. The van der Waals surface area contributed by atoms with E-state index in [1.165, 1.54) is 31.2 Å². The molecule has 1 aliphatic rings. The molecule has 3 aromatic rings. The third-order valence-electron chi connectivity index (χ3n) is 6.37. The van der Waals surface area contributed by atoms with Crippen molar-refractivity contribution in [3.8, 4) is 0 Å². The van der Waals surface area contributed by atoms with Crippen molar-refractivity contribution in [3.05, 3.63) is 81.1 Å². The zero-order valence-electron chi connectivity index (χ0n) is 20.5. The molecule has 4 N–H and O–H groups in total. The van der Waals surface area contributed by atoms with Gasteiger partial charge in [-0.1, -0.05) is 23.2 Å². The Balaban J connectivity index is 1.57. The Bertz CT molecular complexity index is 1590. The van der Waals surface area contributed by atoms with Crippen LogP contribution < -0.4 is 16.4 Å². The van der Waals surface area contributed by atoms with Crippen molar-refractivity contribution in [2.75, 3.05) is 22.6 Å². The number of nitrogens with two attached hydrogens (primary N) is 1. The summed E-state index contributed by atoms with van der Waals surface area (Å²) < 4.78 is 68.1. The molecule has 2 unspecified atom stereocenters. The van der Waals surface area contributed by atoms with Gasteiger partial charge in [-0.2, -0.15) is 0 Å². The van der Waals surface area contributed by atoms with Crippen LogP contribution in [0.25, 0.3) is 0 Å². The lowest BCUT2D eigenvalue weighted by molar-refractivity contribution is -0.117. The minimum absolute atomic E-state index is 0.0207. The van der Waals surface area contributed by atoms with Gasteiger partial charge in [0.25, 0.3) is 5.91 Å². The zero-order valence-corrected chi connectivity index (χ0v) is 24.3. The van der Waals surface area contributed by atoms with Crippen molar-refractivity contribution in [3.63, 3.8) is 0 Å². The van der Waals surface area contributed by atoms with E-state index in [9.17, 15) is 29.5 Å². The Morgan fingerprint density at radius 3 is 2.25 bits per heavy atom. The second-order valence-corrected chi connectivity index (χ2v) is 15.3. The molecule has 3 aromatic carbocycles. The Hall–Kier alpha value is -2.44. The number of carbonyl (C=O) groups is 2. The first kappa shape index (κ1) is 30.5. The first-order valence-electron chi connectivity index (χ1n) is 11.2. The summed E-state index contributed by atoms with van der Waals surface area (Å²) in [7, 11) is -8.60. The van der Waals surface area contributed by atoms with Gasteiger partial charge in [0.1, 0.15) is 10.2 Å². The number of hydrogen-bond donors (Lipinski definition) is 3. The summed E-state index contributed by atoms with van der Waals surface area (Å²) in [5, 5.41) is 4.68. The van der Waals surface area contributed by atoms with E-state index in [-0.39, 0.29) is 33.2 Å². The van der Waals surface area contributed by atoms with E-state index in [0.29, 0.717) is 17.7 Å². The normalized spacial score (nSPS) is 19.8. The molecular weight excluding hydrogens is 643 g/mol. The molecule has 0 heterocycles. The number of nitrogen functional groups attached to an aromatic ring is 1. The molecule has 2 atom stereocenters. The van der Waals surface area contributed by atoms with Crippen LogP contribution in [0.1, 0.15) is 27.4 Å². The van der Waals surface area contributed by atoms with Crippen LogP contribution >= 0.6 is 56.2 Å². The molecule has 15 heteroatoms. The zero-order chi connectivity index (χ0) is 30.1. The highest BCUT2D eigenvalue weighted by atomic mass is 35.5. The van der Waals surface area contributed by atoms with Gasteiger partial charge in [0.05, 0.1) is 33.3 Å². The largest absolute Gasteiger partial charge is 0.396 e. The summed E-state index contributed by atoms with van der Waals surface area (Å²) in [6, 6.07) is 8.48. The van der Waals surface area contributed by atoms with Gasteiger partial charge >= 0.3 is 0 Å². The molecule has 216 valence electrons. The molecule has 0 aromatic heterocycles. The summed E-state index contributed by atoms with van der Waals surface area (Å²) in [5.41, 5.74) is 5.90. The van der Waals surface area contributed by atoms with Crippen molar-refractivity contribution in [1.29, 1.82) is 0 Å². The second kappa shape index (κ2) is 9.29. The maximum atomic E-state index is 14.1. The van der Waals surface area contributed by atoms with E-state index >= 15 is 0 Å². The number of halogens is 9. The molecule has 0 saturated heterocycles. The van der Waals surface area contributed by atoms with Crippen molar-refractivity contribution in [2.45, 2.75) is 22.1 Å². The van der Waals surface area contributed by atoms with Crippen LogP contribution in [-0.4, -0.2) is 22.4 Å². The molecular formula is C25H20Cl4F5N3O2S. The van der Waals surface area contributed by atoms with Crippen molar-refractivity contribution < 1.29 is 29.5 Å². The minimum Gasteiger partial charge on any atom is -0.396 e. The van der Waals surface area contributed by atoms with Gasteiger partial charge in [-0.15, -0.1) is 38.7 Å². The molecule has 1 aliphatic carbocycles. The number of nitrogens with one attached hydrogen (secondary N) is 2. The number of carbonyl (C=O) groups excluding carboxylic acids is 2. The molecule has 4 rings (SSSR count). The van der Waals surface area contributed by atoms with Crippen LogP contribution in [-0.2, 0) is 4.79 Å². The lowest BCUT2D eigenvalue weighted by atomic mass is 10.1. The van der Waals surface area contributed by atoms with Gasteiger partial charge in [0, 0.05) is 22.3 Å². The van der Waals surface area contributed by atoms with Crippen LogP contribution in [0.3, 0.4) is 0 Å². The number of amides is 2. The predicted octanol–water partition coefficient (Wildman–Crippen LogP) is 9.20. The second-order valence-electron chi connectivity index (χ2n) is 9.60. The number of alkyl halides is 2. The first-order chi connectivity index (χ1) is 18.1. The number of hydrogen-bond acceptors (Lipinski definition) is 3. The number of anilines is 3. The monoisotopic (exact) mass is 661 g/mol. The predicted molar refractivity (Wildman–Crippen MR) is 152 cm³/mol. The van der Waals surface area contributed by atoms with Crippen LogP contribution in [0.5, 0.6) is 0 Å². The minimum atomic E-state index is -8.60. The molecule has 5 nitrogen and oxygen atoms in total. The average molecular weight is 663 g/mol. The van der Waals surface area contributed by atoms with Crippen molar-refractivity contribution in [2.24, 2.45) is 5.92 Å². The van der Waals surface area contributed by atoms with E-state index in [1.54, 1.807) is 0 Å². The fourth-order valence-corrected chi connectivity index (χ4v) is 6.34. The average Bonchev–Trinajstić information content (AvgIpc) is 3.40. The molecule has 0 radical (unpaired) electrons. The molecule has 0 aliphatic heterocycles. The summed E-state index contributed by atoms with van der Waals surface area (Å²) in [6.07, 6.45) is -0.443. The Morgan fingerprint density at radius 1 is 0.975 bits per heavy atom. The Kier molecular flexibility index (Phi) is 7.08. The van der Waals surface area contributed by atoms with Gasteiger partial charge in [0.15, 0.2) is 9.84 Å². The topological polar surface area (TPSA) is 84.2 Å². The number of rotatable bonds is 6. The van der Waals surface area contributed by atoms with E-state index in [2.05, 4.69) is 10.6 Å². The summed E-state index contributed by atoms with van der Waals surface area (Å²) in [6.45, 7) is 1.51. The van der Waals surface area contributed by atoms with Crippen molar-refractivity contribution >= 4 is 85.1 Å². The van der Waals surface area contributed by atoms with Gasteiger partial charge in [-0.25, -0.2) is 4.39 Å². The molecule has 0 spiro atoms. The van der Waals surface area contributed by atoms with Crippen LogP contribution in [0.15, 0.2) is 53.4 Å². The fourth-order valence-electron chi connectivity index (χ4n) is 4.15. The van der Waals surface area contributed by atoms with E-state index < -0.39 is 59.8 Å². The van der Waals surface area contributed by atoms with Gasteiger partial charge in [0.2, 0.25) is 5.91 Å². The summed E-state index contributed by atoms with van der Waals surface area (Å²) in [4.78, 5) is 24.4. The molecule has 2 amide bonds. The van der Waals surface area contributed by atoms with Crippen molar-refractivity contribution in [1.82, 2.24) is 0 Å². The quantitative estimate of drug-likeness (QED) is 0.140. The van der Waals surface area contributed by atoms with Crippen LogP contribution in [0.2, 0.25) is 10.0 Å². The molecule has 1 fully saturated rings. The molecule has 40 heavy (non-hydrogen) atoms. The maximum absolute atomic E-state index is 14.1. The first-order valence-corrected chi connectivity index (χ1v) is 15.2. The standard InChI is InChI=1S/C25H20Cl4F5N3O2S/c1-11-19(6-5-18(30)22(11)35)37-23(38)16-10-14(3-4-17(16)27)36-24(39)21-20(25(21,28)29)12-7-13(26)9-15(8-12)40(2,31,32,33)34/h3-10,20-21H,35H2,1-2H3,(H,36,39)(H,37,38). The van der Waals surface area contributed by atoms with E-state index in [4.69, 9.17) is 52.1 Å². The molecule has 1 saturated carbocycles. The third kappa shape index (κ3) is 6.08. The number of benzene rings is 3. The lowest BCUT2D eigenvalue weighted by Gasteiger charge is -2.46. The van der Waals surface area contributed by atoms with E-state index in [0.717, 1.165) is 12.1 Å². The molecule has 0 bridgehead atoms. The Labute approximate surface area is 245 Å². The summed E-state index contributed by atoms with van der Waals surface area (Å²) in [5.74, 6) is -4.51. The van der Waals surface area contributed by atoms with Gasteiger partial charge < -0.3 is 16.4 Å². The summed E-state index contributed by atoms with van der Waals surface area (Å²) >= 11 is 24.5. The highest BCUT2D eigenvalue weighted by molar-refractivity contribution is 8.49. The lowest BCUT2D eigenvalue weighted by Crippen LogP contribution is -2.18. The third-order valence-corrected chi connectivity index (χ3v) is 9.28. The van der Waals surface area contributed by atoms with Gasteiger partial charge in [-0.3, -0.25) is 9.59 Å². The van der Waals surface area contributed by atoms with Crippen LogP contribution in [0.4, 0.5) is 37.0 Å². The van der Waals surface area contributed by atoms with Crippen LogP contribution in [0, 0.1) is 18.7 Å². The highest BCUT2D eigenvalue weighted by Gasteiger charge is 2.68. The Morgan fingerprint density at radius 2 is 1.62 bits per heavy atom. The van der Waals surface area contributed by atoms with E-state index in [1.807, 2.05) is 0 Å². The highest BCUT2D eigenvalue weighted by Crippen LogP contribution is 2.98. The SMILES string of the molecule is Cc1c(NC(=O)c2cc(NC(=O)C3C(c4cc(Cl)cc(S(C)(F)(F)(F)F)c4)C3(Cl)Cl)ccc2Cl)ccc(F)c1N. The smallest absolute Gasteiger partial charge is 0.257 e. The maximum Gasteiger partial charge on any atom is 0.257 e. The van der Waals surface area contributed by atoms with Gasteiger partial charge in [-0.05, 0) is 66.6 Å².